The molecule has 3 heteroatoms. The van der Waals surface area contributed by atoms with Crippen molar-refractivity contribution in [3.8, 4) is 0 Å². The highest BCUT2D eigenvalue weighted by atomic mass is 19.1. The summed E-state index contributed by atoms with van der Waals surface area (Å²) in [6.07, 6.45) is 1.65. The topological polar surface area (TPSA) is 23.5 Å². The zero-order valence-electron chi connectivity index (χ0n) is 12.1. The number of nitrogens with zero attached hydrogens (tertiary/aromatic N) is 1. The molecule has 2 rings (SSSR count). The van der Waals surface area contributed by atoms with Crippen molar-refractivity contribution in [1.29, 1.82) is 0 Å². The Morgan fingerprint density at radius 2 is 1.84 bits per heavy atom. The molecule has 0 saturated carbocycles. The van der Waals surface area contributed by atoms with Crippen LogP contribution in [0, 0.1) is 17.7 Å². The Kier molecular flexibility index (Phi) is 4.46. The van der Waals surface area contributed by atoms with Crippen molar-refractivity contribution in [2.75, 3.05) is 18.0 Å². The number of halogens is 1. The highest BCUT2D eigenvalue weighted by Gasteiger charge is 2.23. The van der Waals surface area contributed by atoms with Crippen molar-refractivity contribution >= 4 is 5.69 Å². The molecule has 0 spiro atoms. The summed E-state index contributed by atoms with van der Waals surface area (Å²) < 4.78 is 14.1. The minimum absolute atomic E-state index is 0.221. The van der Waals surface area contributed by atoms with E-state index >= 15 is 0 Å². The monoisotopic (exact) mass is 265 g/mol. The van der Waals surface area contributed by atoms with Gasteiger partial charge in [0.15, 0.2) is 0 Å². The van der Waals surface area contributed by atoms with Crippen molar-refractivity contribution in [3.05, 3.63) is 29.6 Å². The summed E-state index contributed by atoms with van der Waals surface area (Å²) in [5, 5.41) is 9.46. The van der Waals surface area contributed by atoms with Gasteiger partial charge in [-0.2, -0.15) is 0 Å². The molecule has 1 aliphatic heterocycles. The van der Waals surface area contributed by atoms with Crippen LogP contribution in [0.4, 0.5) is 10.1 Å². The van der Waals surface area contributed by atoms with Gasteiger partial charge >= 0.3 is 0 Å². The first-order valence-corrected chi connectivity index (χ1v) is 7.21. The van der Waals surface area contributed by atoms with E-state index in [-0.39, 0.29) is 5.82 Å². The first kappa shape index (κ1) is 14.3. The van der Waals surface area contributed by atoms with Crippen molar-refractivity contribution in [2.24, 2.45) is 11.8 Å². The number of anilines is 1. The summed E-state index contributed by atoms with van der Waals surface area (Å²) in [5.74, 6) is 1.25. The van der Waals surface area contributed by atoms with Gasteiger partial charge < -0.3 is 10.0 Å². The largest absolute Gasteiger partial charge is 0.389 e. The Balaban J connectivity index is 2.07. The number of piperidine rings is 1. The summed E-state index contributed by atoms with van der Waals surface area (Å²) in [4.78, 5) is 2.13. The van der Waals surface area contributed by atoms with E-state index in [1.165, 1.54) is 6.07 Å². The maximum Gasteiger partial charge on any atom is 0.146 e. The molecule has 2 nitrogen and oxygen atoms in total. The Morgan fingerprint density at radius 3 is 2.32 bits per heavy atom. The summed E-state index contributed by atoms with van der Waals surface area (Å²) in [7, 11) is 0. The van der Waals surface area contributed by atoms with E-state index in [1.807, 2.05) is 6.07 Å². The Morgan fingerprint density at radius 1 is 1.21 bits per heavy atom. The lowest BCUT2D eigenvalue weighted by Crippen LogP contribution is -2.35. The van der Waals surface area contributed by atoms with Crippen LogP contribution in [0.1, 0.15) is 45.3 Å². The molecule has 1 aromatic rings. The molecule has 0 radical (unpaired) electrons. The van der Waals surface area contributed by atoms with Gasteiger partial charge in [0, 0.05) is 13.1 Å². The fourth-order valence-corrected chi connectivity index (χ4v) is 2.85. The predicted molar refractivity (Wildman–Crippen MR) is 76.8 cm³/mol. The standard InChI is InChI=1S/C16H24FNO/c1-11(2)13-6-8-18(9-7-13)16-5-4-14(12(3)19)10-15(16)17/h4-5,10-13,19H,6-9H2,1-3H3/t12-/m0/s1. The molecule has 1 atom stereocenters. The van der Waals surface area contributed by atoms with Crippen molar-refractivity contribution < 1.29 is 9.50 Å². The van der Waals surface area contributed by atoms with Crippen LogP contribution in [0.2, 0.25) is 0 Å². The normalized spacial score (nSPS) is 18.9. The van der Waals surface area contributed by atoms with Crippen LogP contribution in [0.3, 0.4) is 0 Å². The van der Waals surface area contributed by atoms with E-state index in [2.05, 4.69) is 18.7 Å². The van der Waals surface area contributed by atoms with Gasteiger partial charge in [-0.15, -0.1) is 0 Å². The molecule has 1 aromatic carbocycles. The number of aliphatic hydroxyl groups is 1. The number of hydrogen-bond donors (Lipinski definition) is 1. The maximum absolute atomic E-state index is 14.1. The lowest BCUT2D eigenvalue weighted by atomic mass is 9.86. The highest BCUT2D eigenvalue weighted by Crippen LogP contribution is 2.30. The second-order valence-corrected chi connectivity index (χ2v) is 5.96. The van der Waals surface area contributed by atoms with Gasteiger partial charge in [0.1, 0.15) is 5.82 Å². The third-order valence-corrected chi connectivity index (χ3v) is 4.28. The number of rotatable bonds is 3. The van der Waals surface area contributed by atoms with Gasteiger partial charge in [-0.1, -0.05) is 19.9 Å². The predicted octanol–water partition coefficient (Wildman–Crippen LogP) is 3.75. The summed E-state index contributed by atoms with van der Waals surface area (Å²) in [6, 6.07) is 5.07. The molecular formula is C16H24FNO. The number of hydrogen-bond acceptors (Lipinski definition) is 2. The van der Waals surface area contributed by atoms with E-state index in [1.54, 1.807) is 13.0 Å². The van der Waals surface area contributed by atoms with Gasteiger partial charge in [0.2, 0.25) is 0 Å². The molecule has 0 aromatic heterocycles. The average Bonchev–Trinajstić information content (AvgIpc) is 2.38. The Hall–Kier alpha value is -1.09. The molecule has 1 aliphatic rings. The van der Waals surface area contributed by atoms with Gasteiger partial charge in [-0.05, 0) is 49.3 Å². The Bertz CT molecular complexity index is 423. The summed E-state index contributed by atoms with van der Waals surface area (Å²) >= 11 is 0. The molecule has 0 bridgehead atoms. The maximum atomic E-state index is 14.1. The minimum Gasteiger partial charge on any atom is -0.389 e. The quantitative estimate of drug-likeness (QED) is 0.899. The number of aliphatic hydroxyl groups excluding tert-OH is 1. The number of benzene rings is 1. The molecule has 1 fully saturated rings. The van der Waals surface area contributed by atoms with Crippen molar-refractivity contribution in [1.82, 2.24) is 0 Å². The molecular weight excluding hydrogens is 241 g/mol. The molecule has 0 aliphatic carbocycles. The molecule has 1 saturated heterocycles. The van der Waals surface area contributed by atoms with Crippen LogP contribution in [0.15, 0.2) is 18.2 Å². The zero-order valence-corrected chi connectivity index (χ0v) is 12.1. The fourth-order valence-electron chi connectivity index (χ4n) is 2.85. The lowest BCUT2D eigenvalue weighted by Gasteiger charge is -2.35. The van der Waals surface area contributed by atoms with Crippen LogP contribution >= 0.6 is 0 Å². The zero-order chi connectivity index (χ0) is 14.0. The van der Waals surface area contributed by atoms with Crippen LogP contribution < -0.4 is 4.90 Å². The van der Waals surface area contributed by atoms with Gasteiger partial charge in [-0.25, -0.2) is 4.39 Å². The average molecular weight is 265 g/mol. The third-order valence-electron chi connectivity index (χ3n) is 4.28. The minimum atomic E-state index is -0.616. The molecule has 1 heterocycles. The first-order chi connectivity index (χ1) is 8.99. The SMILES string of the molecule is CC(C)C1CCN(c2ccc([C@H](C)O)cc2F)CC1. The van der Waals surface area contributed by atoms with Gasteiger partial charge in [-0.3, -0.25) is 0 Å². The van der Waals surface area contributed by atoms with E-state index in [4.69, 9.17) is 0 Å². The lowest BCUT2D eigenvalue weighted by molar-refractivity contribution is 0.199. The second kappa shape index (κ2) is 5.91. The third kappa shape index (κ3) is 3.27. The van der Waals surface area contributed by atoms with Gasteiger partial charge in [0.05, 0.1) is 11.8 Å². The second-order valence-electron chi connectivity index (χ2n) is 5.96. The van der Waals surface area contributed by atoms with Crippen LogP contribution in [-0.4, -0.2) is 18.2 Å². The van der Waals surface area contributed by atoms with E-state index < -0.39 is 6.10 Å². The first-order valence-electron chi connectivity index (χ1n) is 7.21. The molecule has 1 N–H and O–H groups in total. The highest BCUT2D eigenvalue weighted by molar-refractivity contribution is 5.49. The van der Waals surface area contributed by atoms with Crippen molar-refractivity contribution in [2.45, 2.75) is 39.7 Å². The van der Waals surface area contributed by atoms with Crippen LogP contribution in [0.5, 0.6) is 0 Å². The Labute approximate surface area is 115 Å². The summed E-state index contributed by atoms with van der Waals surface area (Å²) in [5.41, 5.74) is 1.31. The molecule has 106 valence electrons. The van der Waals surface area contributed by atoms with Crippen LogP contribution in [0.25, 0.3) is 0 Å². The van der Waals surface area contributed by atoms with Crippen molar-refractivity contribution in [3.63, 3.8) is 0 Å². The molecule has 19 heavy (non-hydrogen) atoms. The van der Waals surface area contributed by atoms with E-state index in [0.29, 0.717) is 17.2 Å². The fraction of sp³-hybridized carbons (Fsp3) is 0.625. The summed E-state index contributed by atoms with van der Waals surface area (Å²) in [6.45, 7) is 8.03. The van der Waals surface area contributed by atoms with Gasteiger partial charge in [0.25, 0.3) is 0 Å². The van der Waals surface area contributed by atoms with E-state index in [0.717, 1.165) is 31.8 Å². The van der Waals surface area contributed by atoms with Crippen LogP contribution in [-0.2, 0) is 0 Å². The molecule has 0 unspecified atom stereocenters. The smallest absolute Gasteiger partial charge is 0.146 e. The van der Waals surface area contributed by atoms with E-state index in [9.17, 15) is 9.50 Å². The molecule has 0 amide bonds.